The minimum absolute atomic E-state index is 0.157. The number of Topliss-reactive ketones (excluding diaryl/α,β-unsaturated/α-hetero) is 1. The number of hydrogen-bond acceptors (Lipinski definition) is 3. The van der Waals surface area contributed by atoms with Gasteiger partial charge in [0, 0.05) is 11.1 Å². The Morgan fingerprint density at radius 3 is 1.44 bits per heavy atom. The van der Waals surface area contributed by atoms with Crippen molar-refractivity contribution < 1.29 is 14.3 Å². The Balaban J connectivity index is 1.55. The van der Waals surface area contributed by atoms with E-state index in [4.69, 9.17) is 9.47 Å². The van der Waals surface area contributed by atoms with E-state index in [-0.39, 0.29) is 5.78 Å². The van der Waals surface area contributed by atoms with Crippen molar-refractivity contribution >= 4 is 17.9 Å². The van der Waals surface area contributed by atoms with Gasteiger partial charge < -0.3 is 9.47 Å². The molecule has 0 heterocycles. The van der Waals surface area contributed by atoms with Crippen LogP contribution in [0.2, 0.25) is 0 Å². The van der Waals surface area contributed by atoms with Crippen molar-refractivity contribution in [1.29, 1.82) is 0 Å². The van der Waals surface area contributed by atoms with E-state index in [1.165, 1.54) is 25.7 Å². The predicted molar refractivity (Wildman–Crippen MR) is 133 cm³/mol. The lowest BCUT2D eigenvalue weighted by Crippen LogP contribution is -1.97. The molecule has 1 aliphatic rings. The molecule has 0 saturated heterocycles. The number of ketones is 1. The molecule has 32 heavy (non-hydrogen) atoms. The number of rotatable bonds is 12. The van der Waals surface area contributed by atoms with Crippen LogP contribution in [0, 0.1) is 0 Å². The summed E-state index contributed by atoms with van der Waals surface area (Å²) >= 11 is 0. The molecule has 2 aromatic carbocycles. The summed E-state index contributed by atoms with van der Waals surface area (Å²) in [5.41, 5.74) is 3.84. The number of ether oxygens (including phenoxy) is 2. The van der Waals surface area contributed by atoms with Crippen LogP contribution < -0.4 is 9.47 Å². The second-order valence-electron chi connectivity index (χ2n) is 8.42. The van der Waals surface area contributed by atoms with Crippen LogP contribution in [-0.2, 0) is 4.79 Å². The van der Waals surface area contributed by atoms with E-state index in [2.05, 4.69) is 13.8 Å². The van der Waals surface area contributed by atoms with Crippen LogP contribution in [0.25, 0.3) is 12.2 Å². The molecule has 0 aliphatic heterocycles. The van der Waals surface area contributed by atoms with Crippen molar-refractivity contribution in [3.63, 3.8) is 0 Å². The molecule has 0 aromatic heterocycles. The van der Waals surface area contributed by atoms with E-state index < -0.39 is 0 Å². The standard InChI is InChI=1S/C29H36O3/c1-3-5-7-19-31-27-15-9-23(10-16-27)21-25-13-14-26(29(25)30)22-24-11-17-28(18-12-24)32-20-8-6-4-2/h9-12,15-18,21-22H,3-8,13-14,19-20H2,1-2H3/b25-21+,26-22+. The van der Waals surface area contributed by atoms with Crippen LogP contribution in [-0.4, -0.2) is 19.0 Å². The molecule has 1 aliphatic carbocycles. The molecular weight excluding hydrogens is 396 g/mol. The Hall–Kier alpha value is -2.81. The van der Waals surface area contributed by atoms with E-state index in [9.17, 15) is 4.79 Å². The van der Waals surface area contributed by atoms with Gasteiger partial charge in [0.25, 0.3) is 0 Å². The van der Waals surface area contributed by atoms with Gasteiger partial charge in [0.05, 0.1) is 13.2 Å². The first-order chi connectivity index (χ1) is 15.7. The van der Waals surface area contributed by atoms with Crippen LogP contribution >= 0.6 is 0 Å². The summed E-state index contributed by atoms with van der Waals surface area (Å²) in [7, 11) is 0. The average Bonchev–Trinajstić information content (AvgIpc) is 3.15. The Morgan fingerprint density at radius 2 is 1.06 bits per heavy atom. The van der Waals surface area contributed by atoms with Gasteiger partial charge in [0.15, 0.2) is 5.78 Å². The Labute approximate surface area is 193 Å². The Kier molecular flexibility index (Phi) is 9.61. The monoisotopic (exact) mass is 432 g/mol. The van der Waals surface area contributed by atoms with Gasteiger partial charge in [-0.25, -0.2) is 0 Å². The molecule has 3 heteroatoms. The van der Waals surface area contributed by atoms with Crippen molar-refractivity contribution in [3.8, 4) is 11.5 Å². The van der Waals surface area contributed by atoms with Crippen molar-refractivity contribution in [1.82, 2.24) is 0 Å². The minimum atomic E-state index is 0.157. The van der Waals surface area contributed by atoms with Crippen molar-refractivity contribution in [2.45, 2.75) is 65.2 Å². The van der Waals surface area contributed by atoms with Crippen LogP contribution in [0.4, 0.5) is 0 Å². The highest BCUT2D eigenvalue weighted by atomic mass is 16.5. The third kappa shape index (κ3) is 7.40. The first-order valence-electron chi connectivity index (χ1n) is 12.1. The maximum atomic E-state index is 12.9. The van der Waals surface area contributed by atoms with Gasteiger partial charge in [0.2, 0.25) is 0 Å². The lowest BCUT2D eigenvalue weighted by atomic mass is 10.1. The number of unbranched alkanes of at least 4 members (excludes halogenated alkanes) is 4. The fourth-order valence-corrected chi connectivity index (χ4v) is 3.79. The molecule has 0 atom stereocenters. The quantitative estimate of drug-likeness (QED) is 0.255. The average molecular weight is 433 g/mol. The molecule has 0 amide bonds. The molecule has 0 bridgehead atoms. The van der Waals surface area contributed by atoms with Crippen molar-refractivity contribution in [3.05, 3.63) is 70.8 Å². The van der Waals surface area contributed by atoms with Crippen molar-refractivity contribution in [2.75, 3.05) is 13.2 Å². The lowest BCUT2D eigenvalue weighted by Gasteiger charge is -2.06. The molecule has 3 nitrogen and oxygen atoms in total. The second kappa shape index (κ2) is 12.9. The van der Waals surface area contributed by atoms with Crippen LogP contribution in [0.5, 0.6) is 11.5 Å². The summed E-state index contributed by atoms with van der Waals surface area (Å²) in [5.74, 6) is 1.93. The van der Waals surface area contributed by atoms with Crippen LogP contribution in [0.3, 0.4) is 0 Å². The van der Waals surface area contributed by atoms with E-state index in [1.54, 1.807) is 0 Å². The molecule has 170 valence electrons. The lowest BCUT2D eigenvalue weighted by molar-refractivity contribution is -0.111. The summed E-state index contributed by atoms with van der Waals surface area (Å²) < 4.78 is 11.5. The minimum Gasteiger partial charge on any atom is -0.494 e. The molecule has 2 aromatic rings. The molecule has 1 saturated carbocycles. The van der Waals surface area contributed by atoms with Gasteiger partial charge in [0.1, 0.15) is 11.5 Å². The highest BCUT2D eigenvalue weighted by Crippen LogP contribution is 2.30. The fraction of sp³-hybridized carbons (Fsp3) is 0.414. The van der Waals surface area contributed by atoms with Gasteiger partial charge in [-0.3, -0.25) is 4.79 Å². The van der Waals surface area contributed by atoms with Crippen LogP contribution in [0.1, 0.15) is 76.3 Å². The maximum Gasteiger partial charge on any atom is 0.185 e. The Bertz CT molecular complexity index is 829. The van der Waals surface area contributed by atoms with E-state index in [0.29, 0.717) is 0 Å². The number of hydrogen-bond donors (Lipinski definition) is 0. The van der Waals surface area contributed by atoms with Crippen molar-refractivity contribution in [2.24, 2.45) is 0 Å². The molecule has 0 radical (unpaired) electrons. The van der Waals surface area contributed by atoms with Gasteiger partial charge in [-0.05, 0) is 73.2 Å². The molecule has 3 rings (SSSR count). The Morgan fingerprint density at radius 1 is 0.656 bits per heavy atom. The summed E-state index contributed by atoms with van der Waals surface area (Å²) in [5, 5.41) is 0. The summed E-state index contributed by atoms with van der Waals surface area (Å²) in [6.45, 7) is 5.89. The predicted octanol–water partition coefficient (Wildman–Crippen LogP) is 7.65. The first kappa shape index (κ1) is 23.8. The zero-order valence-electron chi connectivity index (χ0n) is 19.6. The molecule has 0 spiro atoms. The highest BCUT2D eigenvalue weighted by Gasteiger charge is 2.22. The van der Waals surface area contributed by atoms with Crippen LogP contribution in [0.15, 0.2) is 59.7 Å². The summed E-state index contributed by atoms with van der Waals surface area (Å²) in [6, 6.07) is 16.0. The third-order valence-corrected chi connectivity index (χ3v) is 5.72. The first-order valence-corrected chi connectivity index (χ1v) is 12.1. The molecule has 0 N–H and O–H groups in total. The van der Waals surface area contributed by atoms with Gasteiger partial charge >= 0.3 is 0 Å². The van der Waals surface area contributed by atoms with Gasteiger partial charge in [-0.1, -0.05) is 63.8 Å². The highest BCUT2D eigenvalue weighted by molar-refractivity contribution is 6.15. The van der Waals surface area contributed by atoms with Gasteiger partial charge in [-0.2, -0.15) is 0 Å². The number of carbonyl (C=O) groups is 1. The SMILES string of the molecule is CCCCCOc1ccc(/C=C2\CC/C(=C\c3ccc(OCCCCC)cc3)C2=O)cc1. The van der Waals surface area contributed by atoms with E-state index in [1.807, 2.05) is 60.7 Å². The second-order valence-corrected chi connectivity index (χ2v) is 8.42. The smallest absolute Gasteiger partial charge is 0.185 e. The molecule has 0 unspecified atom stereocenters. The fourth-order valence-electron chi connectivity index (χ4n) is 3.79. The summed E-state index contributed by atoms with van der Waals surface area (Å²) in [6.07, 6.45) is 12.5. The van der Waals surface area contributed by atoms with E-state index in [0.717, 1.165) is 72.7 Å². The molecular formula is C29H36O3. The number of allylic oxidation sites excluding steroid dienone is 2. The number of benzene rings is 2. The largest absolute Gasteiger partial charge is 0.494 e. The normalized spacial score (nSPS) is 16.1. The maximum absolute atomic E-state index is 12.9. The summed E-state index contributed by atoms with van der Waals surface area (Å²) in [4.78, 5) is 12.9. The topological polar surface area (TPSA) is 35.5 Å². The number of carbonyl (C=O) groups excluding carboxylic acids is 1. The van der Waals surface area contributed by atoms with Gasteiger partial charge in [-0.15, -0.1) is 0 Å². The molecule has 1 fully saturated rings. The van der Waals surface area contributed by atoms with E-state index >= 15 is 0 Å². The zero-order chi connectivity index (χ0) is 22.6. The zero-order valence-corrected chi connectivity index (χ0v) is 19.6. The third-order valence-electron chi connectivity index (χ3n) is 5.72.